The maximum absolute atomic E-state index is 12.9. The Balaban J connectivity index is 0.00000144. The van der Waals surface area contributed by atoms with Gasteiger partial charge in [0.05, 0.1) is 11.3 Å². The van der Waals surface area contributed by atoms with Crippen LogP contribution in [0.15, 0.2) is 36.9 Å². The Morgan fingerprint density at radius 3 is 2.95 bits per heavy atom. The summed E-state index contributed by atoms with van der Waals surface area (Å²) in [6.07, 6.45) is 4.19. The lowest BCUT2D eigenvalue weighted by atomic mass is 10.0. The first-order valence-corrected chi connectivity index (χ1v) is 7.30. The molecule has 2 saturated heterocycles. The second-order valence-electron chi connectivity index (χ2n) is 5.63. The van der Waals surface area contributed by atoms with Crippen molar-refractivity contribution in [1.82, 2.24) is 25.0 Å². The molecule has 116 valence electrons. The van der Waals surface area contributed by atoms with Crippen molar-refractivity contribution in [3.63, 3.8) is 0 Å². The van der Waals surface area contributed by atoms with E-state index in [4.69, 9.17) is 0 Å². The first kappa shape index (κ1) is 15.0. The Kier molecular flexibility index (Phi) is 4.13. The number of nitrogens with zero attached hydrogens (tertiary/aromatic N) is 4. The number of amides is 1. The molecule has 2 atom stereocenters. The highest BCUT2D eigenvalue weighted by molar-refractivity contribution is 5.98. The summed E-state index contributed by atoms with van der Waals surface area (Å²) in [6.45, 7) is 2.78. The van der Waals surface area contributed by atoms with Gasteiger partial charge in [0.25, 0.3) is 5.91 Å². The first-order valence-electron chi connectivity index (χ1n) is 7.30. The summed E-state index contributed by atoms with van der Waals surface area (Å²) in [5.41, 5.74) is 1.48. The lowest BCUT2D eigenvalue weighted by molar-refractivity contribution is 0.0737. The Morgan fingerprint density at radius 1 is 1.27 bits per heavy atom. The smallest absolute Gasteiger partial charge is 0.256 e. The Bertz CT molecular complexity index is 660. The molecule has 2 aromatic rings. The maximum Gasteiger partial charge on any atom is 0.256 e. The van der Waals surface area contributed by atoms with Crippen molar-refractivity contribution in [1.29, 1.82) is 0 Å². The molecule has 0 aliphatic carbocycles. The van der Waals surface area contributed by atoms with Crippen LogP contribution in [0.2, 0.25) is 0 Å². The van der Waals surface area contributed by atoms with Crippen molar-refractivity contribution in [3.8, 4) is 5.69 Å². The molecule has 0 radical (unpaired) electrons. The van der Waals surface area contributed by atoms with Crippen molar-refractivity contribution in [2.75, 3.05) is 19.6 Å². The van der Waals surface area contributed by atoms with Crippen LogP contribution < -0.4 is 5.32 Å². The molecule has 6 nitrogen and oxygen atoms in total. The molecule has 1 aromatic carbocycles. The number of para-hydroxylation sites is 1. The minimum absolute atomic E-state index is 0. The number of rotatable bonds is 2. The molecule has 1 amide bonds. The predicted octanol–water partition coefficient (Wildman–Crippen LogP) is 1.12. The summed E-state index contributed by atoms with van der Waals surface area (Å²) in [6, 6.07) is 7.92. The molecule has 0 bridgehead atoms. The van der Waals surface area contributed by atoms with Gasteiger partial charge in [-0.25, -0.2) is 9.67 Å². The monoisotopic (exact) mass is 319 g/mol. The van der Waals surface area contributed by atoms with Crippen LogP contribution in [0.25, 0.3) is 5.69 Å². The third kappa shape index (κ3) is 2.38. The molecule has 2 fully saturated rings. The van der Waals surface area contributed by atoms with Crippen molar-refractivity contribution < 1.29 is 4.79 Å². The van der Waals surface area contributed by atoms with Crippen molar-refractivity contribution in [2.45, 2.75) is 12.5 Å². The summed E-state index contributed by atoms with van der Waals surface area (Å²) in [5.74, 6) is 0.699. The Hall–Kier alpha value is -1.92. The van der Waals surface area contributed by atoms with Crippen molar-refractivity contribution >= 4 is 18.3 Å². The number of fused-ring (bicyclic) bond motifs is 1. The highest BCUT2D eigenvalue weighted by atomic mass is 35.5. The zero-order chi connectivity index (χ0) is 14.2. The van der Waals surface area contributed by atoms with Crippen molar-refractivity contribution in [3.05, 3.63) is 42.5 Å². The molecule has 2 aliphatic rings. The number of hydrogen-bond donors (Lipinski definition) is 1. The Morgan fingerprint density at radius 2 is 2.14 bits per heavy atom. The van der Waals surface area contributed by atoms with Gasteiger partial charge in [-0.3, -0.25) is 4.79 Å². The SMILES string of the molecule is Cl.O=C(c1ccccc1-n1cncn1)N1CC[C@H]2CNC[C@H]21. The molecule has 1 N–H and O–H groups in total. The fourth-order valence-electron chi connectivity index (χ4n) is 3.44. The topological polar surface area (TPSA) is 63.1 Å². The largest absolute Gasteiger partial charge is 0.334 e. The summed E-state index contributed by atoms with van der Waals surface area (Å²) < 4.78 is 1.65. The quantitative estimate of drug-likeness (QED) is 0.901. The van der Waals surface area contributed by atoms with Crippen LogP contribution in [0.3, 0.4) is 0 Å². The van der Waals surface area contributed by atoms with E-state index < -0.39 is 0 Å². The molecule has 4 rings (SSSR count). The maximum atomic E-state index is 12.9. The number of likely N-dealkylation sites (tertiary alicyclic amines) is 1. The summed E-state index contributed by atoms with van der Waals surface area (Å²) in [7, 11) is 0. The molecule has 3 heterocycles. The summed E-state index contributed by atoms with van der Waals surface area (Å²) in [4.78, 5) is 18.9. The van der Waals surface area contributed by atoms with Crippen molar-refractivity contribution in [2.24, 2.45) is 5.92 Å². The molecule has 0 saturated carbocycles. The van der Waals surface area contributed by atoms with Gasteiger partial charge in [-0.15, -0.1) is 12.4 Å². The number of hydrogen-bond acceptors (Lipinski definition) is 4. The van der Waals surface area contributed by atoms with E-state index in [1.165, 1.54) is 6.33 Å². The molecule has 0 unspecified atom stereocenters. The molecular weight excluding hydrogens is 302 g/mol. The number of nitrogens with one attached hydrogen (secondary N) is 1. The van der Waals surface area contributed by atoms with Crippen LogP contribution in [0.4, 0.5) is 0 Å². The van der Waals surface area contributed by atoms with Gasteiger partial charge < -0.3 is 10.2 Å². The van der Waals surface area contributed by atoms with Gasteiger partial charge in [0.1, 0.15) is 12.7 Å². The first-order chi connectivity index (χ1) is 10.3. The minimum Gasteiger partial charge on any atom is -0.334 e. The Labute approximate surface area is 134 Å². The lowest BCUT2D eigenvalue weighted by Gasteiger charge is -2.24. The molecule has 22 heavy (non-hydrogen) atoms. The fourth-order valence-corrected chi connectivity index (χ4v) is 3.44. The summed E-state index contributed by atoms with van der Waals surface area (Å²) in [5, 5.41) is 7.53. The highest BCUT2D eigenvalue weighted by Crippen LogP contribution is 2.29. The second-order valence-corrected chi connectivity index (χ2v) is 5.63. The normalized spacial score (nSPS) is 23.2. The third-order valence-electron chi connectivity index (χ3n) is 4.51. The van der Waals surface area contributed by atoms with Gasteiger partial charge in [-0.2, -0.15) is 5.10 Å². The van der Waals surface area contributed by atoms with Crippen LogP contribution in [-0.4, -0.2) is 51.2 Å². The number of halogens is 1. The van der Waals surface area contributed by atoms with E-state index >= 15 is 0 Å². The molecule has 0 spiro atoms. The van der Waals surface area contributed by atoms with Gasteiger partial charge in [0, 0.05) is 25.7 Å². The average molecular weight is 320 g/mol. The van der Waals surface area contributed by atoms with Crippen LogP contribution >= 0.6 is 12.4 Å². The zero-order valence-corrected chi connectivity index (χ0v) is 12.9. The fraction of sp³-hybridized carbons (Fsp3) is 0.400. The van der Waals surface area contributed by atoms with E-state index in [9.17, 15) is 4.79 Å². The summed E-state index contributed by atoms with van der Waals surface area (Å²) >= 11 is 0. The van der Waals surface area contributed by atoms with Crippen LogP contribution in [-0.2, 0) is 0 Å². The van der Waals surface area contributed by atoms with Crippen LogP contribution in [0.1, 0.15) is 16.8 Å². The van der Waals surface area contributed by atoms with Crippen LogP contribution in [0.5, 0.6) is 0 Å². The number of carbonyl (C=O) groups is 1. The van der Waals surface area contributed by atoms with Gasteiger partial charge in [0.2, 0.25) is 0 Å². The van der Waals surface area contributed by atoms with Gasteiger partial charge in [-0.05, 0) is 24.5 Å². The van der Waals surface area contributed by atoms with Gasteiger partial charge in [0.15, 0.2) is 0 Å². The van der Waals surface area contributed by atoms with Gasteiger partial charge in [-0.1, -0.05) is 12.1 Å². The van der Waals surface area contributed by atoms with E-state index in [1.807, 2.05) is 29.2 Å². The minimum atomic E-state index is 0. The van der Waals surface area contributed by atoms with E-state index in [0.29, 0.717) is 17.5 Å². The standard InChI is InChI=1S/C15H17N5O.ClH/c21-15(19-6-5-11-7-16-8-14(11)19)12-3-1-2-4-13(12)20-10-17-9-18-20;/h1-4,9-11,14,16H,5-8H2;1H/t11-,14+;/m0./s1. The third-order valence-corrected chi connectivity index (χ3v) is 4.51. The van der Waals surface area contributed by atoms with E-state index in [1.54, 1.807) is 11.0 Å². The lowest BCUT2D eigenvalue weighted by Crippen LogP contribution is -2.39. The van der Waals surface area contributed by atoms with Crippen LogP contribution in [0, 0.1) is 5.92 Å². The predicted molar refractivity (Wildman–Crippen MR) is 84.4 cm³/mol. The molecule has 1 aromatic heterocycles. The molecular formula is C15H18ClN5O. The number of benzene rings is 1. The molecule has 7 heteroatoms. The number of carbonyl (C=O) groups excluding carboxylic acids is 1. The zero-order valence-electron chi connectivity index (χ0n) is 12.1. The van der Waals surface area contributed by atoms with E-state index in [-0.39, 0.29) is 18.3 Å². The number of aromatic nitrogens is 3. The second kappa shape index (κ2) is 6.06. The molecule has 2 aliphatic heterocycles. The average Bonchev–Trinajstić information content (AvgIpc) is 3.23. The van der Waals surface area contributed by atoms with E-state index in [0.717, 1.165) is 31.7 Å². The van der Waals surface area contributed by atoms with E-state index in [2.05, 4.69) is 15.4 Å². The highest BCUT2D eigenvalue weighted by Gasteiger charge is 2.40. The van der Waals surface area contributed by atoms with Gasteiger partial charge >= 0.3 is 0 Å².